The van der Waals surface area contributed by atoms with Crippen LogP contribution in [0, 0.1) is 0 Å². The van der Waals surface area contributed by atoms with Crippen LogP contribution in [0.1, 0.15) is 45.1 Å². The first-order valence-corrected chi connectivity index (χ1v) is 13.3. The number of fused-ring (bicyclic) bond motifs is 1. The van der Waals surface area contributed by atoms with Gasteiger partial charge in [0.15, 0.2) is 5.65 Å². The van der Waals surface area contributed by atoms with E-state index in [1.165, 1.54) is 21.4 Å². The van der Waals surface area contributed by atoms with E-state index in [4.69, 9.17) is 9.72 Å². The van der Waals surface area contributed by atoms with Crippen molar-refractivity contribution in [1.29, 1.82) is 0 Å². The molecule has 190 valence electrons. The Kier molecular flexibility index (Phi) is 5.96. The lowest BCUT2D eigenvalue weighted by atomic mass is 10.1. The monoisotopic (exact) mass is 504 g/mol. The SMILES string of the molecule is COC1(C)CCC(n2c(=O)n(C)c3cnc(NC4CCN(S(=O)(=O)c5cnn(C)c5)CC4)nc32)C1. The summed E-state index contributed by atoms with van der Waals surface area (Å²) in [6.07, 6.45) is 8.29. The molecular formula is C22H32N8O4S. The summed E-state index contributed by atoms with van der Waals surface area (Å²) in [7, 11) is 1.59. The predicted molar refractivity (Wildman–Crippen MR) is 130 cm³/mol. The number of sulfonamides is 1. The molecule has 0 radical (unpaired) electrons. The lowest BCUT2D eigenvalue weighted by molar-refractivity contribution is 0.00962. The summed E-state index contributed by atoms with van der Waals surface area (Å²) in [5.74, 6) is 0.443. The Labute approximate surface area is 204 Å². The molecule has 1 N–H and O–H groups in total. The topological polar surface area (TPSA) is 129 Å². The van der Waals surface area contributed by atoms with Crippen molar-refractivity contribution in [2.45, 2.75) is 61.6 Å². The molecule has 0 amide bonds. The van der Waals surface area contributed by atoms with Gasteiger partial charge in [0, 0.05) is 52.6 Å². The smallest absolute Gasteiger partial charge is 0.330 e. The zero-order chi connectivity index (χ0) is 25.0. The summed E-state index contributed by atoms with van der Waals surface area (Å²) in [4.78, 5) is 22.4. The number of ether oxygens (including phenoxy) is 1. The van der Waals surface area contributed by atoms with Crippen molar-refractivity contribution in [1.82, 2.24) is 33.2 Å². The van der Waals surface area contributed by atoms with Crippen LogP contribution in [-0.2, 0) is 28.9 Å². The molecule has 1 saturated heterocycles. The third-order valence-corrected chi connectivity index (χ3v) is 9.32. The maximum Gasteiger partial charge on any atom is 0.330 e. The molecule has 2 aliphatic rings. The standard InChI is InChI=1S/C22H32N8O4S/c1-22(34-4)8-5-16(11-22)30-19-18(28(3)21(30)31)13-23-20(26-19)25-15-6-9-29(10-7-15)35(32,33)17-12-24-27(2)14-17/h12-16H,5-11H2,1-4H3,(H,23,25,26). The summed E-state index contributed by atoms with van der Waals surface area (Å²) in [5, 5.41) is 7.33. The molecule has 35 heavy (non-hydrogen) atoms. The fourth-order valence-corrected chi connectivity index (χ4v) is 6.67. The number of rotatable bonds is 6. The van der Waals surface area contributed by atoms with Crippen molar-refractivity contribution in [2.75, 3.05) is 25.5 Å². The van der Waals surface area contributed by atoms with Crippen molar-refractivity contribution in [2.24, 2.45) is 14.1 Å². The Morgan fingerprint density at radius 2 is 1.91 bits per heavy atom. The van der Waals surface area contributed by atoms with Crippen LogP contribution in [0.25, 0.3) is 11.2 Å². The predicted octanol–water partition coefficient (Wildman–Crippen LogP) is 1.26. The highest BCUT2D eigenvalue weighted by Crippen LogP contribution is 2.40. The van der Waals surface area contributed by atoms with E-state index in [9.17, 15) is 13.2 Å². The summed E-state index contributed by atoms with van der Waals surface area (Å²) in [6, 6.07) is 0.0415. The highest BCUT2D eigenvalue weighted by molar-refractivity contribution is 7.89. The molecule has 2 unspecified atom stereocenters. The van der Waals surface area contributed by atoms with Crippen LogP contribution in [0.2, 0.25) is 0 Å². The Hall–Kier alpha value is -2.77. The van der Waals surface area contributed by atoms with Crippen molar-refractivity contribution in [3.63, 3.8) is 0 Å². The number of nitrogens with one attached hydrogen (secondary N) is 1. The van der Waals surface area contributed by atoms with Gasteiger partial charge in [-0.3, -0.25) is 13.8 Å². The molecule has 12 nitrogen and oxygen atoms in total. The second kappa shape index (κ2) is 8.71. The van der Waals surface area contributed by atoms with Gasteiger partial charge in [-0.2, -0.15) is 14.4 Å². The minimum Gasteiger partial charge on any atom is -0.378 e. The van der Waals surface area contributed by atoms with Gasteiger partial charge in [0.2, 0.25) is 16.0 Å². The molecule has 2 fully saturated rings. The van der Waals surface area contributed by atoms with Crippen molar-refractivity contribution < 1.29 is 13.2 Å². The largest absolute Gasteiger partial charge is 0.378 e. The number of aryl methyl sites for hydroxylation is 2. The molecule has 3 aromatic heterocycles. The molecule has 13 heteroatoms. The van der Waals surface area contributed by atoms with Gasteiger partial charge in [-0.15, -0.1) is 0 Å². The minimum atomic E-state index is -3.56. The maximum absolute atomic E-state index is 13.1. The van der Waals surface area contributed by atoms with E-state index in [2.05, 4.69) is 22.3 Å². The van der Waals surface area contributed by atoms with Gasteiger partial charge in [-0.25, -0.2) is 18.2 Å². The summed E-state index contributed by atoms with van der Waals surface area (Å²) in [5.41, 5.74) is 0.941. The third kappa shape index (κ3) is 4.25. The van der Waals surface area contributed by atoms with E-state index in [-0.39, 0.29) is 28.3 Å². The molecule has 0 bridgehead atoms. The Morgan fingerprint density at radius 3 is 2.54 bits per heavy atom. The number of anilines is 1. The van der Waals surface area contributed by atoms with Gasteiger partial charge in [-0.05, 0) is 39.0 Å². The molecule has 1 saturated carbocycles. The highest BCUT2D eigenvalue weighted by Gasteiger charge is 2.38. The molecule has 2 atom stereocenters. The van der Waals surface area contributed by atoms with Crippen LogP contribution in [0.4, 0.5) is 5.95 Å². The Balaban J connectivity index is 1.32. The lowest BCUT2D eigenvalue weighted by Gasteiger charge is -2.31. The van der Waals surface area contributed by atoms with E-state index < -0.39 is 10.0 Å². The molecule has 0 aromatic carbocycles. The van der Waals surface area contributed by atoms with E-state index in [1.54, 1.807) is 36.5 Å². The first kappa shape index (κ1) is 23.9. The fraction of sp³-hybridized carbons (Fsp3) is 0.636. The van der Waals surface area contributed by atoms with E-state index in [1.807, 2.05) is 0 Å². The highest BCUT2D eigenvalue weighted by atomic mass is 32.2. The third-order valence-electron chi connectivity index (χ3n) is 7.47. The van der Waals surface area contributed by atoms with Crippen LogP contribution in [0.3, 0.4) is 0 Å². The normalized spacial score (nSPS) is 24.4. The van der Waals surface area contributed by atoms with Gasteiger partial charge < -0.3 is 10.1 Å². The van der Waals surface area contributed by atoms with Gasteiger partial charge in [0.05, 0.1) is 18.0 Å². The summed E-state index contributed by atoms with van der Waals surface area (Å²) < 4.78 is 37.7. The van der Waals surface area contributed by atoms with Crippen molar-refractivity contribution in [3.8, 4) is 0 Å². The first-order chi connectivity index (χ1) is 16.6. The average molecular weight is 505 g/mol. The Morgan fingerprint density at radius 1 is 1.17 bits per heavy atom. The number of hydrogen-bond donors (Lipinski definition) is 1. The second-order valence-corrected chi connectivity index (χ2v) is 11.8. The molecule has 1 aliphatic heterocycles. The summed E-state index contributed by atoms with van der Waals surface area (Å²) >= 11 is 0. The molecular weight excluding hydrogens is 472 g/mol. The van der Waals surface area contributed by atoms with Crippen molar-refractivity contribution in [3.05, 3.63) is 29.1 Å². The van der Waals surface area contributed by atoms with Gasteiger partial charge >= 0.3 is 5.69 Å². The minimum absolute atomic E-state index is 0.0137. The second-order valence-electron chi connectivity index (χ2n) is 9.84. The van der Waals surface area contributed by atoms with E-state index in [0.717, 1.165) is 19.3 Å². The lowest BCUT2D eigenvalue weighted by Crippen LogP contribution is -2.42. The molecule has 5 rings (SSSR count). The fourth-order valence-electron chi connectivity index (χ4n) is 5.22. The molecule has 0 spiro atoms. The summed E-state index contributed by atoms with van der Waals surface area (Å²) in [6.45, 7) is 2.86. The van der Waals surface area contributed by atoms with Gasteiger partial charge in [0.1, 0.15) is 10.4 Å². The average Bonchev–Trinajstić information content (AvgIpc) is 3.52. The molecule has 3 aromatic rings. The number of hydrogen-bond acceptors (Lipinski definition) is 8. The maximum atomic E-state index is 13.1. The Bertz CT molecular complexity index is 1400. The number of methoxy groups -OCH3 is 1. The zero-order valence-electron chi connectivity index (χ0n) is 20.5. The number of imidazole rings is 1. The van der Waals surface area contributed by atoms with Crippen LogP contribution in [0.15, 0.2) is 28.3 Å². The van der Waals surface area contributed by atoms with Gasteiger partial charge in [-0.1, -0.05) is 0 Å². The van der Waals surface area contributed by atoms with Crippen LogP contribution in [-0.4, -0.2) is 73.4 Å². The van der Waals surface area contributed by atoms with E-state index in [0.29, 0.717) is 43.0 Å². The van der Waals surface area contributed by atoms with E-state index >= 15 is 0 Å². The number of nitrogens with zero attached hydrogens (tertiary/aromatic N) is 7. The molecule has 4 heterocycles. The van der Waals surface area contributed by atoms with Crippen molar-refractivity contribution >= 4 is 27.1 Å². The van der Waals surface area contributed by atoms with Crippen LogP contribution in [0.5, 0.6) is 0 Å². The van der Waals surface area contributed by atoms with Crippen LogP contribution >= 0.6 is 0 Å². The quantitative estimate of drug-likeness (QED) is 0.531. The first-order valence-electron chi connectivity index (χ1n) is 11.9. The molecule has 1 aliphatic carbocycles. The van der Waals surface area contributed by atoms with Gasteiger partial charge in [0.25, 0.3) is 0 Å². The zero-order valence-corrected chi connectivity index (χ0v) is 21.3. The number of piperidine rings is 1. The van der Waals surface area contributed by atoms with Crippen LogP contribution < -0.4 is 11.0 Å². The number of aromatic nitrogens is 6.